The molecule has 124 valence electrons. The molecule has 3 N–H and O–H groups in total. The third-order valence-electron chi connectivity index (χ3n) is 4.46. The van der Waals surface area contributed by atoms with Crippen molar-refractivity contribution in [3.8, 4) is 0 Å². The summed E-state index contributed by atoms with van der Waals surface area (Å²) in [5, 5.41) is 20.7. The molecule has 0 radical (unpaired) electrons. The smallest absolute Gasteiger partial charge is 0.305 e. The third-order valence-corrected chi connectivity index (χ3v) is 4.46. The Morgan fingerprint density at radius 1 is 1.29 bits per heavy atom. The van der Waals surface area contributed by atoms with E-state index in [-0.39, 0.29) is 12.5 Å². The quantitative estimate of drug-likeness (QED) is 0.649. The molecule has 1 aromatic heterocycles. The monoisotopic (exact) mass is 323 g/mol. The first-order chi connectivity index (χ1) is 11.5. The molecule has 0 unspecified atom stereocenters. The van der Waals surface area contributed by atoms with Crippen molar-refractivity contribution < 1.29 is 9.90 Å². The second kappa shape index (κ2) is 6.84. The van der Waals surface area contributed by atoms with Gasteiger partial charge in [0.2, 0.25) is 0 Å². The summed E-state index contributed by atoms with van der Waals surface area (Å²) in [5.74, 6) is -0.808. The number of nitrogens with zero attached hydrogens (tertiary/aromatic N) is 1. The van der Waals surface area contributed by atoms with Gasteiger partial charge in [-0.25, -0.2) is 0 Å². The molecule has 0 amide bonds. The molecule has 0 saturated carbocycles. The van der Waals surface area contributed by atoms with E-state index in [1.807, 2.05) is 50.2 Å². The Morgan fingerprint density at radius 3 is 2.92 bits per heavy atom. The van der Waals surface area contributed by atoms with Crippen LogP contribution < -0.4 is 5.32 Å². The van der Waals surface area contributed by atoms with Crippen LogP contribution in [0.15, 0.2) is 42.6 Å². The Balaban J connectivity index is 1.81. The van der Waals surface area contributed by atoms with Gasteiger partial charge in [0.15, 0.2) is 0 Å². The van der Waals surface area contributed by atoms with Crippen molar-refractivity contribution in [3.63, 3.8) is 0 Å². The summed E-state index contributed by atoms with van der Waals surface area (Å²) in [7, 11) is 0. The molecule has 1 heterocycles. The second-order valence-corrected chi connectivity index (χ2v) is 6.11. The minimum absolute atomic E-state index is 0.0522. The van der Waals surface area contributed by atoms with Crippen LogP contribution in [0.2, 0.25) is 0 Å². The van der Waals surface area contributed by atoms with Gasteiger partial charge >= 0.3 is 5.97 Å². The van der Waals surface area contributed by atoms with Crippen LogP contribution in [0.3, 0.4) is 0 Å². The summed E-state index contributed by atoms with van der Waals surface area (Å²) in [6.45, 7) is 4.68. The van der Waals surface area contributed by atoms with Gasteiger partial charge in [-0.15, -0.1) is 0 Å². The highest BCUT2D eigenvalue weighted by Gasteiger charge is 2.17. The van der Waals surface area contributed by atoms with Crippen molar-refractivity contribution in [2.24, 2.45) is 0 Å². The number of fused-ring (bicyclic) bond motifs is 1. The Morgan fingerprint density at radius 2 is 2.12 bits per heavy atom. The zero-order chi connectivity index (χ0) is 17.1. The van der Waals surface area contributed by atoms with Gasteiger partial charge in [-0.2, -0.15) is 5.10 Å². The van der Waals surface area contributed by atoms with E-state index in [0.717, 1.165) is 27.6 Å². The van der Waals surface area contributed by atoms with Crippen LogP contribution in [0.1, 0.15) is 34.7 Å². The lowest BCUT2D eigenvalue weighted by molar-refractivity contribution is -0.137. The van der Waals surface area contributed by atoms with Gasteiger partial charge in [-0.3, -0.25) is 9.89 Å². The van der Waals surface area contributed by atoms with E-state index in [2.05, 4.69) is 15.5 Å². The number of H-pyrrole nitrogens is 1. The molecule has 2 aromatic carbocycles. The largest absolute Gasteiger partial charge is 0.481 e. The van der Waals surface area contributed by atoms with E-state index in [4.69, 9.17) is 0 Å². The lowest BCUT2D eigenvalue weighted by Crippen LogP contribution is -2.24. The number of carboxylic acid groups (broad SMARTS) is 1. The molecular weight excluding hydrogens is 302 g/mol. The first-order valence-electron chi connectivity index (χ1n) is 7.98. The Labute approximate surface area is 140 Å². The fourth-order valence-corrected chi connectivity index (χ4v) is 2.95. The molecule has 5 heteroatoms. The van der Waals surface area contributed by atoms with Crippen LogP contribution in [-0.4, -0.2) is 21.3 Å². The number of nitrogens with one attached hydrogen (secondary N) is 2. The minimum atomic E-state index is -0.808. The molecule has 0 fully saturated rings. The average molecular weight is 323 g/mol. The van der Waals surface area contributed by atoms with E-state index in [0.29, 0.717) is 6.54 Å². The van der Waals surface area contributed by atoms with Gasteiger partial charge in [-0.05, 0) is 42.2 Å². The normalized spacial score (nSPS) is 12.4. The van der Waals surface area contributed by atoms with Gasteiger partial charge in [0.05, 0.1) is 18.1 Å². The van der Waals surface area contributed by atoms with E-state index in [1.165, 1.54) is 5.56 Å². The average Bonchev–Trinajstić information content (AvgIpc) is 3.01. The number of benzene rings is 2. The topological polar surface area (TPSA) is 78.0 Å². The Hall–Kier alpha value is -2.66. The lowest BCUT2D eigenvalue weighted by atomic mass is 9.95. The molecule has 3 aromatic rings. The maximum atomic E-state index is 11.3. The van der Waals surface area contributed by atoms with Crippen molar-refractivity contribution in [2.45, 2.75) is 32.9 Å². The van der Waals surface area contributed by atoms with Crippen molar-refractivity contribution in [1.29, 1.82) is 0 Å². The Bertz CT molecular complexity index is 870. The predicted molar refractivity (Wildman–Crippen MR) is 93.8 cm³/mol. The molecule has 0 aliphatic rings. The standard InChI is InChI=1S/C19H21N3O2/c1-12-4-3-5-16(13(12)2)18(9-19(23)24)20-10-14-6-7-15-11-21-22-17(15)8-14/h3-8,11,18,20H,9-10H2,1-2H3,(H,21,22)(H,23,24)/t18-/m1/s1. The zero-order valence-electron chi connectivity index (χ0n) is 13.8. The first kappa shape index (κ1) is 16.2. The number of rotatable bonds is 6. The number of aliphatic carboxylic acids is 1. The number of hydrogen-bond donors (Lipinski definition) is 3. The van der Waals surface area contributed by atoms with Crippen LogP contribution in [0.25, 0.3) is 10.9 Å². The van der Waals surface area contributed by atoms with Crippen molar-refractivity contribution in [1.82, 2.24) is 15.5 Å². The fourth-order valence-electron chi connectivity index (χ4n) is 2.95. The van der Waals surface area contributed by atoms with E-state index >= 15 is 0 Å². The minimum Gasteiger partial charge on any atom is -0.481 e. The molecule has 0 aliphatic carbocycles. The highest BCUT2D eigenvalue weighted by atomic mass is 16.4. The maximum absolute atomic E-state index is 11.3. The van der Waals surface area contributed by atoms with Crippen LogP contribution in [0, 0.1) is 13.8 Å². The van der Waals surface area contributed by atoms with E-state index in [1.54, 1.807) is 6.20 Å². The van der Waals surface area contributed by atoms with Crippen LogP contribution >= 0.6 is 0 Å². The molecule has 24 heavy (non-hydrogen) atoms. The van der Waals surface area contributed by atoms with Gasteiger partial charge in [0.1, 0.15) is 0 Å². The molecule has 3 rings (SSSR count). The SMILES string of the molecule is Cc1cccc([C@@H](CC(=O)O)NCc2ccc3cn[nH]c3c2)c1C. The number of hydrogen-bond acceptors (Lipinski definition) is 3. The van der Waals surface area contributed by atoms with Crippen LogP contribution in [-0.2, 0) is 11.3 Å². The number of aromatic nitrogens is 2. The molecule has 0 aliphatic heterocycles. The van der Waals surface area contributed by atoms with Gasteiger partial charge in [0.25, 0.3) is 0 Å². The summed E-state index contributed by atoms with van der Waals surface area (Å²) in [6, 6.07) is 11.9. The molecule has 0 bridgehead atoms. The lowest BCUT2D eigenvalue weighted by Gasteiger charge is -2.20. The summed E-state index contributed by atoms with van der Waals surface area (Å²) in [4.78, 5) is 11.3. The summed E-state index contributed by atoms with van der Waals surface area (Å²) >= 11 is 0. The number of carbonyl (C=O) groups is 1. The number of aromatic amines is 1. The molecule has 1 atom stereocenters. The maximum Gasteiger partial charge on any atom is 0.305 e. The molecule has 0 saturated heterocycles. The van der Waals surface area contributed by atoms with Gasteiger partial charge in [-0.1, -0.05) is 30.3 Å². The summed E-state index contributed by atoms with van der Waals surface area (Å²) < 4.78 is 0. The van der Waals surface area contributed by atoms with Crippen molar-refractivity contribution in [2.75, 3.05) is 0 Å². The van der Waals surface area contributed by atoms with Crippen LogP contribution in [0.4, 0.5) is 0 Å². The Kier molecular flexibility index (Phi) is 4.62. The second-order valence-electron chi connectivity index (χ2n) is 6.11. The highest BCUT2D eigenvalue weighted by molar-refractivity contribution is 5.78. The molecule has 0 spiro atoms. The fraction of sp³-hybridized carbons (Fsp3) is 0.263. The van der Waals surface area contributed by atoms with E-state index in [9.17, 15) is 9.90 Å². The van der Waals surface area contributed by atoms with E-state index < -0.39 is 5.97 Å². The number of aryl methyl sites for hydroxylation is 1. The predicted octanol–water partition coefficient (Wildman–Crippen LogP) is 3.49. The number of carboxylic acids is 1. The van der Waals surface area contributed by atoms with Crippen LogP contribution in [0.5, 0.6) is 0 Å². The highest BCUT2D eigenvalue weighted by Crippen LogP contribution is 2.24. The van der Waals surface area contributed by atoms with Crippen molar-refractivity contribution >= 4 is 16.9 Å². The molecule has 5 nitrogen and oxygen atoms in total. The summed E-state index contributed by atoms with van der Waals surface area (Å²) in [6.07, 6.45) is 1.84. The molecular formula is C19H21N3O2. The first-order valence-corrected chi connectivity index (χ1v) is 7.98. The van der Waals surface area contributed by atoms with Gasteiger partial charge in [0, 0.05) is 18.0 Å². The summed E-state index contributed by atoms with van der Waals surface area (Å²) in [5.41, 5.74) is 5.42. The van der Waals surface area contributed by atoms with Crippen molar-refractivity contribution in [3.05, 3.63) is 64.8 Å². The van der Waals surface area contributed by atoms with Gasteiger partial charge < -0.3 is 10.4 Å². The third kappa shape index (κ3) is 3.46. The zero-order valence-corrected chi connectivity index (χ0v) is 13.8.